The molecule has 1 saturated heterocycles. The van der Waals surface area contributed by atoms with Gasteiger partial charge in [-0.1, -0.05) is 0 Å². The lowest BCUT2D eigenvalue weighted by Gasteiger charge is -2.25. The zero-order valence-corrected chi connectivity index (χ0v) is 10.7. The predicted molar refractivity (Wildman–Crippen MR) is 67.2 cm³/mol. The Hall–Kier alpha value is -2.23. The van der Waals surface area contributed by atoms with Crippen LogP contribution in [0.1, 0.15) is 19.3 Å². The number of carbonyl (C=O) groups is 3. The third-order valence-corrected chi connectivity index (χ3v) is 2.98. The van der Waals surface area contributed by atoms with Crippen LogP contribution < -0.4 is 10.6 Å². The predicted octanol–water partition coefficient (Wildman–Crippen LogP) is -0.617. The largest absolute Gasteiger partial charge is 0.480 e. The Bertz CT molecular complexity index is 416. The molecule has 2 unspecified atom stereocenters. The Morgan fingerprint density at radius 3 is 2.74 bits per heavy atom. The summed E-state index contributed by atoms with van der Waals surface area (Å²) >= 11 is 0. The van der Waals surface area contributed by atoms with Crippen LogP contribution in [0.3, 0.4) is 0 Å². The van der Waals surface area contributed by atoms with Crippen LogP contribution in [-0.2, 0) is 9.59 Å². The van der Waals surface area contributed by atoms with Crippen molar-refractivity contribution in [1.29, 1.82) is 0 Å². The molecule has 104 valence electrons. The van der Waals surface area contributed by atoms with Gasteiger partial charge in [-0.25, -0.2) is 9.59 Å². The van der Waals surface area contributed by atoms with Gasteiger partial charge in [-0.3, -0.25) is 4.79 Å². The van der Waals surface area contributed by atoms with Gasteiger partial charge in [0.2, 0.25) is 5.91 Å². The van der Waals surface area contributed by atoms with Crippen molar-refractivity contribution in [2.24, 2.45) is 0 Å². The first kappa shape index (κ1) is 14.8. The van der Waals surface area contributed by atoms with Gasteiger partial charge in [-0.15, -0.1) is 12.3 Å². The maximum Gasteiger partial charge on any atom is 0.327 e. The first-order valence-corrected chi connectivity index (χ1v) is 5.96. The molecule has 0 aromatic carbocycles. The van der Waals surface area contributed by atoms with Crippen molar-refractivity contribution >= 4 is 17.9 Å². The number of carboxylic acids is 1. The normalized spacial score (nSPS) is 19.4. The number of hydrogen-bond acceptors (Lipinski definition) is 3. The summed E-state index contributed by atoms with van der Waals surface area (Å²) in [6, 6.07) is -2.26. The highest BCUT2D eigenvalue weighted by atomic mass is 16.4. The minimum Gasteiger partial charge on any atom is -0.480 e. The molecule has 1 fully saturated rings. The molecule has 1 rings (SSSR count). The second-order valence-corrected chi connectivity index (χ2v) is 4.21. The van der Waals surface area contributed by atoms with Crippen molar-refractivity contribution in [2.45, 2.75) is 31.3 Å². The Kier molecular flexibility index (Phi) is 5.18. The molecule has 0 bridgehead atoms. The number of urea groups is 1. The fourth-order valence-electron chi connectivity index (χ4n) is 2.00. The zero-order valence-electron chi connectivity index (χ0n) is 10.7. The van der Waals surface area contributed by atoms with Gasteiger partial charge >= 0.3 is 12.0 Å². The van der Waals surface area contributed by atoms with Gasteiger partial charge in [-0.05, 0) is 12.8 Å². The number of hydrogen-bond donors (Lipinski definition) is 3. The van der Waals surface area contributed by atoms with Crippen LogP contribution in [0.5, 0.6) is 0 Å². The standard InChI is InChI=1S/C12H17N3O4/c1-3-5-8(11(17)18)14-12(19)15-7-4-6-9(15)10(16)13-2/h1,8-9H,4-7H2,2H3,(H,13,16)(H,14,19)(H,17,18). The van der Waals surface area contributed by atoms with Crippen LogP contribution >= 0.6 is 0 Å². The average molecular weight is 267 g/mol. The minimum atomic E-state index is -1.19. The van der Waals surface area contributed by atoms with E-state index in [4.69, 9.17) is 11.5 Å². The molecular weight excluding hydrogens is 250 g/mol. The van der Waals surface area contributed by atoms with Crippen molar-refractivity contribution in [3.05, 3.63) is 0 Å². The molecular formula is C12H17N3O4. The molecule has 0 aromatic heterocycles. The van der Waals surface area contributed by atoms with E-state index >= 15 is 0 Å². The van der Waals surface area contributed by atoms with Crippen LogP contribution in [0, 0.1) is 12.3 Å². The van der Waals surface area contributed by atoms with Gasteiger partial charge in [0.15, 0.2) is 0 Å². The third kappa shape index (κ3) is 3.61. The van der Waals surface area contributed by atoms with Crippen molar-refractivity contribution in [1.82, 2.24) is 15.5 Å². The van der Waals surface area contributed by atoms with Crippen LogP contribution in [0.2, 0.25) is 0 Å². The molecule has 1 aliphatic rings. The Balaban J connectivity index is 2.69. The topological polar surface area (TPSA) is 98.7 Å². The van der Waals surface area contributed by atoms with E-state index in [0.29, 0.717) is 19.4 Å². The van der Waals surface area contributed by atoms with Crippen molar-refractivity contribution in [3.8, 4) is 12.3 Å². The van der Waals surface area contributed by atoms with E-state index in [1.807, 2.05) is 0 Å². The highest BCUT2D eigenvalue weighted by molar-refractivity contribution is 5.89. The summed E-state index contributed by atoms with van der Waals surface area (Å²) in [7, 11) is 1.50. The van der Waals surface area contributed by atoms with Crippen molar-refractivity contribution in [3.63, 3.8) is 0 Å². The van der Waals surface area contributed by atoms with Crippen LogP contribution in [0.25, 0.3) is 0 Å². The lowest BCUT2D eigenvalue weighted by atomic mass is 10.2. The van der Waals surface area contributed by atoms with Gasteiger partial charge in [0.1, 0.15) is 12.1 Å². The summed E-state index contributed by atoms with van der Waals surface area (Å²) < 4.78 is 0. The van der Waals surface area contributed by atoms with E-state index in [1.54, 1.807) is 0 Å². The molecule has 0 radical (unpaired) electrons. The van der Waals surface area contributed by atoms with Gasteiger partial charge in [0, 0.05) is 20.0 Å². The third-order valence-electron chi connectivity index (χ3n) is 2.98. The Morgan fingerprint density at radius 2 is 2.21 bits per heavy atom. The molecule has 3 amide bonds. The second kappa shape index (κ2) is 6.64. The molecule has 0 saturated carbocycles. The number of amides is 3. The molecule has 7 nitrogen and oxygen atoms in total. The van der Waals surface area contributed by atoms with E-state index in [0.717, 1.165) is 0 Å². The number of terminal acetylenes is 1. The first-order chi connectivity index (χ1) is 9.01. The minimum absolute atomic E-state index is 0.0977. The van der Waals surface area contributed by atoms with Gasteiger partial charge in [0.05, 0.1) is 0 Å². The summed E-state index contributed by atoms with van der Waals surface area (Å²) in [4.78, 5) is 35.8. The average Bonchev–Trinajstić information content (AvgIpc) is 2.86. The number of carboxylic acid groups (broad SMARTS) is 1. The highest BCUT2D eigenvalue weighted by Gasteiger charge is 2.34. The first-order valence-electron chi connectivity index (χ1n) is 5.96. The maximum absolute atomic E-state index is 12.0. The van der Waals surface area contributed by atoms with E-state index in [1.165, 1.54) is 11.9 Å². The van der Waals surface area contributed by atoms with E-state index in [-0.39, 0.29) is 12.3 Å². The van der Waals surface area contributed by atoms with Crippen LogP contribution in [0.4, 0.5) is 4.79 Å². The molecule has 19 heavy (non-hydrogen) atoms. The molecule has 0 spiro atoms. The lowest BCUT2D eigenvalue weighted by Crippen LogP contribution is -2.52. The highest BCUT2D eigenvalue weighted by Crippen LogP contribution is 2.17. The van der Waals surface area contributed by atoms with Crippen molar-refractivity contribution < 1.29 is 19.5 Å². The zero-order chi connectivity index (χ0) is 14.4. The van der Waals surface area contributed by atoms with E-state index in [9.17, 15) is 14.4 Å². The molecule has 3 N–H and O–H groups in total. The number of likely N-dealkylation sites (tertiary alicyclic amines) is 1. The monoisotopic (exact) mass is 267 g/mol. The van der Waals surface area contributed by atoms with Gasteiger partial charge in [-0.2, -0.15) is 0 Å². The molecule has 0 aliphatic carbocycles. The molecule has 1 heterocycles. The number of rotatable bonds is 4. The van der Waals surface area contributed by atoms with Gasteiger partial charge < -0.3 is 20.6 Å². The molecule has 0 aromatic rings. The van der Waals surface area contributed by atoms with Gasteiger partial charge in [0.25, 0.3) is 0 Å². The van der Waals surface area contributed by atoms with E-state index in [2.05, 4.69) is 16.6 Å². The molecule has 2 atom stereocenters. The second-order valence-electron chi connectivity index (χ2n) is 4.21. The fourth-order valence-corrected chi connectivity index (χ4v) is 2.00. The number of aliphatic carboxylic acids is 1. The summed E-state index contributed by atoms with van der Waals surface area (Å²) in [5.74, 6) is 0.751. The van der Waals surface area contributed by atoms with Crippen LogP contribution in [0.15, 0.2) is 0 Å². The molecule has 1 aliphatic heterocycles. The lowest BCUT2D eigenvalue weighted by molar-refractivity contribution is -0.139. The summed E-state index contributed by atoms with van der Waals surface area (Å²) in [5.41, 5.74) is 0. The number of nitrogens with one attached hydrogen (secondary N) is 2. The smallest absolute Gasteiger partial charge is 0.327 e. The SMILES string of the molecule is C#CCC(NC(=O)N1CCCC1C(=O)NC)C(=O)O. The molecule has 7 heteroatoms. The number of likely N-dealkylation sites (N-methyl/N-ethyl adjacent to an activating group) is 1. The number of carbonyl (C=O) groups excluding carboxylic acids is 2. The maximum atomic E-state index is 12.0. The Morgan fingerprint density at radius 1 is 1.53 bits per heavy atom. The fraction of sp³-hybridized carbons (Fsp3) is 0.583. The number of nitrogens with zero attached hydrogens (tertiary/aromatic N) is 1. The quantitative estimate of drug-likeness (QED) is 0.591. The summed E-state index contributed by atoms with van der Waals surface area (Å²) in [6.45, 7) is 0.423. The summed E-state index contributed by atoms with van der Waals surface area (Å²) in [6.07, 6.45) is 6.23. The van der Waals surface area contributed by atoms with E-state index < -0.39 is 24.1 Å². The summed E-state index contributed by atoms with van der Waals surface area (Å²) in [5, 5.41) is 13.7. The van der Waals surface area contributed by atoms with Crippen LogP contribution in [-0.4, -0.2) is 53.6 Å². The Labute approximate surface area is 111 Å². The van der Waals surface area contributed by atoms with Crippen molar-refractivity contribution in [2.75, 3.05) is 13.6 Å².